The molecule has 3 heterocycles. The Balaban J connectivity index is 1.76. The molecule has 140 valence electrons. The van der Waals surface area contributed by atoms with Gasteiger partial charge in [0.2, 0.25) is 0 Å². The molecule has 0 spiro atoms. The van der Waals surface area contributed by atoms with E-state index in [9.17, 15) is 4.79 Å². The van der Waals surface area contributed by atoms with Crippen LogP contribution in [-0.4, -0.2) is 15.9 Å². The number of nitrogens with zero attached hydrogens (tertiary/aromatic N) is 3. The number of furan rings is 1. The lowest BCUT2D eigenvalue weighted by Crippen LogP contribution is -2.31. The average molecular weight is 454 g/mol. The van der Waals surface area contributed by atoms with E-state index in [1.165, 1.54) is 11.3 Å². The van der Waals surface area contributed by atoms with Gasteiger partial charge < -0.3 is 4.42 Å². The van der Waals surface area contributed by atoms with E-state index in [0.717, 1.165) is 15.4 Å². The third-order valence-corrected chi connectivity index (χ3v) is 5.53. The van der Waals surface area contributed by atoms with Gasteiger partial charge in [-0.3, -0.25) is 9.69 Å². The molecule has 0 aliphatic rings. The van der Waals surface area contributed by atoms with Gasteiger partial charge in [-0.1, -0.05) is 36.4 Å². The molecule has 3 aromatic heterocycles. The van der Waals surface area contributed by atoms with E-state index < -0.39 is 0 Å². The number of thiazole rings is 1. The number of aryl methyl sites for hydroxylation is 1. The Bertz CT molecular complexity index is 1090. The number of carbonyl (C=O) groups excluding carboxylic acids is 1. The summed E-state index contributed by atoms with van der Waals surface area (Å²) in [6.07, 6.45) is 1.66. The van der Waals surface area contributed by atoms with Crippen LogP contribution in [0.4, 0.5) is 5.82 Å². The van der Waals surface area contributed by atoms with Crippen LogP contribution in [0.25, 0.3) is 10.4 Å². The first-order chi connectivity index (χ1) is 13.6. The van der Waals surface area contributed by atoms with Crippen molar-refractivity contribution in [3.8, 4) is 10.4 Å². The van der Waals surface area contributed by atoms with Gasteiger partial charge in [0.05, 0.1) is 16.4 Å². The van der Waals surface area contributed by atoms with Crippen molar-refractivity contribution in [1.29, 1.82) is 0 Å². The molecule has 0 fully saturated rings. The van der Waals surface area contributed by atoms with Crippen LogP contribution < -0.4 is 4.90 Å². The SMILES string of the molecule is Cc1nc(C(=O)N(Cc2ccc(Br)o2)c2ccccn2)c(-c2ccccc2)s1. The highest BCUT2D eigenvalue weighted by Crippen LogP contribution is 2.32. The van der Waals surface area contributed by atoms with E-state index in [1.54, 1.807) is 23.2 Å². The Morgan fingerprint density at radius 3 is 2.57 bits per heavy atom. The van der Waals surface area contributed by atoms with Crippen molar-refractivity contribution >= 4 is 39.0 Å². The third-order valence-electron chi connectivity index (χ3n) is 4.09. The highest BCUT2D eigenvalue weighted by atomic mass is 79.9. The van der Waals surface area contributed by atoms with Crippen molar-refractivity contribution in [3.63, 3.8) is 0 Å². The minimum atomic E-state index is -0.213. The predicted molar refractivity (Wildman–Crippen MR) is 113 cm³/mol. The van der Waals surface area contributed by atoms with E-state index in [2.05, 4.69) is 25.9 Å². The molecule has 0 atom stereocenters. The molecule has 5 nitrogen and oxygen atoms in total. The van der Waals surface area contributed by atoms with Crippen molar-refractivity contribution in [2.45, 2.75) is 13.5 Å². The number of anilines is 1. The normalized spacial score (nSPS) is 10.8. The first-order valence-electron chi connectivity index (χ1n) is 8.62. The Kier molecular flexibility index (Phi) is 5.36. The molecule has 0 saturated heterocycles. The van der Waals surface area contributed by atoms with E-state index >= 15 is 0 Å². The maximum Gasteiger partial charge on any atom is 0.279 e. The largest absolute Gasteiger partial charge is 0.452 e. The standard InChI is InChI=1S/C21H16BrN3O2S/c1-14-24-19(20(28-14)15-7-3-2-4-8-15)21(26)25(18-9-5-6-12-23-18)13-16-10-11-17(22)27-16/h2-12H,13H2,1H3. The minimum absolute atomic E-state index is 0.213. The molecular formula is C21H16BrN3O2S. The number of hydrogen-bond acceptors (Lipinski definition) is 5. The summed E-state index contributed by atoms with van der Waals surface area (Å²) < 4.78 is 6.23. The molecular weight excluding hydrogens is 438 g/mol. The number of pyridine rings is 1. The quantitative estimate of drug-likeness (QED) is 0.387. The van der Waals surface area contributed by atoms with Crippen molar-refractivity contribution in [2.24, 2.45) is 0 Å². The van der Waals surface area contributed by atoms with Crippen LogP contribution in [0.2, 0.25) is 0 Å². The van der Waals surface area contributed by atoms with Crippen molar-refractivity contribution in [2.75, 3.05) is 4.90 Å². The average Bonchev–Trinajstić information content (AvgIpc) is 3.32. The number of rotatable bonds is 5. The lowest BCUT2D eigenvalue weighted by Gasteiger charge is -2.20. The summed E-state index contributed by atoms with van der Waals surface area (Å²) in [5, 5.41) is 0.837. The lowest BCUT2D eigenvalue weighted by molar-refractivity contribution is 0.0978. The molecule has 0 aliphatic carbocycles. The molecule has 1 aromatic carbocycles. The molecule has 1 amide bonds. The van der Waals surface area contributed by atoms with Gasteiger partial charge in [-0.25, -0.2) is 9.97 Å². The Morgan fingerprint density at radius 1 is 1.11 bits per heavy atom. The van der Waals surface area contributed by atoms with Gasteiger partial charge in [-0.2, -0.15) is 0 Å². The third kappa shape index (κ3) is 3.90. The molecule has 0 aliphatic heterocycles. The van der Waals surface area contributed by atoms with Crippen molar-refractivity contribution in [1.82, 2.24) is 9.97 Å². The maximum atomic E-state index is 13.5. The second kappa shape index (κ2) is 8.08. The van der Waals surface area contributed by atoms with Crippen LogP contribution in [-0.2, 0) is 6.54 Å². The molecule has 4 aromatic rings. The topological polar surface area (TPSA) is 59.2 Å². The van der Waals surface area contributed by atoms with E-state index in [-0.39, 0.29) is 12.5 Å². The summed E-state index contributed by atoms with van der Waals surface area (Å²) in [6.45, 7) is 2.16. The van der Waals surface area contributed by atoms with Gasteiger partial charge in [0.25, 0.3) is 5.91 Å². The number of amides is 1. The van der Waals surface area contributed by atoms with Crippen molar-refractivity contribution < 1.29 is 9.21 Å². The molecule has 0 unspecified atom stereocenters. The first kappa shape index (κ1) is 18.6. The van der Waals surface area contributed by atoms with E-state index in [1.807, 2.05) is 55.5 Å². The van der Waals surface area contributed by atoms with Crippen LogP contribution >= 0.6 is 27.3 Å². The summed E-state index contributed by atoms with van der Waals surface area (Å²) in [6, 6.07) is 18.9. The summed E-state index contributed by atoms with van der Waals surface area (Å²) in [5.41, 5.74) is 1.39. The minimum Gasteiger partial charge on any atom is -0.452 e. The summed E-state index contributed by atoms with van der Waals surface area (Å²) in [7, 11) is 0. The Hall–Kier alpha value is -2.77. The highest BCUT2D eigenvalue weighted by molar-refractivity contribution is 9.10. The van der Waals surface area contributed by atoms with E-state index in [0.29, 0.717) is 21.9 Å². The van der Waals surface area contributed by atoms with Gasteiger partial charge in [0.15, 0.2) is 4.67 Å². The number of carbonyl (C=O) groups is 1. The fraction of sp³-hybridized carbons (Fsp3) is 0.0952. The lowest BCUT2D eigenvalue weighted by atomic mass is 10.1. The fourth-order valence-electron chi connectivity index (χ4n) is 2.85. The molecule has 28 heavy (non-hydrogen) atoms. The number of aromatic nitrogens is 2. The van der Waals surface area contributed by atoms with Crippen molar-refractivity contribution in [3.05, 3.63) is 88.0 Å². The molecule has 0 bridgehead atoms. The van der Waals surface area contributed by atoms with Gasteiger partial charge in [0.1, 0.15) is 17.3 Å². The fourth-order valence-corrected chi connectivity index (χ4v) is 4.10. The zero-order valence-electron chi connectivity index (χ0n) is 15.0. The number of hydrogen-bond donors (Lipinski definition) is 0. The van der Waals surface area contributed by atoms with Gasteiger partial charge in [-0.05, 0) is 52.7 Å². The monoisotopic (exact) mass is 453 g/mol. The van der Waals surface area contributed by atoms with Gasteiger partial charge in [-0.15, -0.1) is 11.3 Å². The van der Waals surface area contributed by atoms with Gasteiger partial charge in [0, 0.05) is 6.20 Å². The second-order valence-electron chi connectivity index (χ2n) is 6.06. The molecule has 0 N–H and O–H groups in total. The van der Waals surface area contributed by atoms with Crippen LogP contribution in [0, 0.1) is 6.92 Å². The van der Waals surface area contributed by atoms with Crippen LogP contribution in [0.15, 0.2) is 75.9 Å². The predicted octanol–water partition coefficient (Wildman–Crippen LogP) is 5.72. The number of benzene rings is 1. The molecule has 0 radical (unpaired) electrons. The molecule has 0 saturated carbocycles. The second-order valence-corrected chi connectivity index (χ2v) is 8.05. The van der Waals surface area contributed by atoms with Crippen LogP contribution in [0.3, 0.4) is 0 Å². The maximum absolute atomic E-state index is 13.5. The number of halogens is 1. The molecule has 7 heteroatoms. The summed E-state index contributed by atoms with van der Waals surface area (Å²) in [5.74, 6) is 0.984. The van der Waals surface area contributed by atoms with Crippen LogP contribution in [0.1, 0.15) is 21.3 Å². The van der Waals surface area contributed by atoms with Gasteiger partial charge >= 0.3 is 0 Å². The zero-order valence-corrected chi connectivity index (χ0v) is 17.4. The Labute approximate surface area is 174 Å². The Morgan fingerprint density at radius 2 is 1.89 bits per heavy atom. The molecule has 4 rings (SSSR count). The first-order valence-corrected chi connectivity index (χ1v) is 10.2. The van der Waals surface area contributed by atoms with E-state index in [4.69, 9.17) is 4.42 Å². The smallest absolute Gasteiger partial charge is 0.279 e. The zero-order chi connectivity index (χ0) is 19.5. The highest BCUT2D eigenvalue weighted by Gasteiger charge is 2.26. The summed E-state index contributed by atoms with van der Waals surface area (Å²) in [4.78, 5) is 24.9. The van der Waals surface area contributed by atoms with Crippen LogP contribution in [0.5, 0.6) is 0 Å². The summed E-state index contributed by atoms with van der Waals surface area (Å²) >= 11 is 4.82.